The zero-order chi connectivity index (χ0) is 16.4. The number of carbonyl (C=O) groups is 1. The molecule has 0 fully saturated rings. The highest BCUT2D eigenvalue weighted by Crippen LogP contribution is 2.18. The lowest BCUT2D eigenvalue weighted by Crippen LogP contribution is -2.23. The van der Waals surface area contributed by atoms with Gasteiger partial charge in [-0.2, -0.15) is 0 Å². The molecule has 0 atom stereocenters. The molecule has 23 heavy (non-hydrogen) atoms. The summed E-state index contributed by atoms with van der Waals surface area (Å²) in [5.74, 6) is -0.453. The van der Waals surface area contributed by atoms with E-state index in [-0.39, 0.29) is 11.0 Å². The molecule has 116 valence electrons. The maximum absolute atomic E-state index is 12.6. The molecular formula is C17H14ClN3O2. The number of halogens is 1. The summed E-state index contributed by atoms with van der Waals surface area (Å²) in [6.45, 7) is 2.58. The predicted octanol–water partition coefficient (Wildman–Crippen LogP) is 3.32. The van der Waals surface area contributed by atoms with E-state index >= 15 is 0 Å². The molecule has 1 N–H and O–H groups in total. The number of benzene rings is 1. The van der Waals surface area contributed by atoms with Crippen molar-refractivity contribution in [2.75, 3.05) is 5.32 Å². The summed E-state index contributed by atoms with van der Waals surface area (Å²) in [5, 5.41) is 3.60. The molecule has 0 aliphatic carbocycles. The minimum atomic E-state index is -0.453. The van der Waals surface area contributed by atoms with Gasteiger partial charge in [0.2, 0.25) is 5.43 Å². The fourth-order valence-corrected chi connectivity index (χ4v) is 2.60. The smallest absolute Gasteiger partial charge is 0.261 e. The van der Waals surface area contributed by atoms with Crippen LogP contribution in [0.2, 0.25) is 5.02 Å². The van der Waals surface area contributed by atoms with E-state index in [0.29, 0.717) is 22.6 Å². The number of aromatic nitrogens is 2. The van der Waals surface area contributed by atoms with Gasteiger partial charge in [0.25, 0.3) is 5.91 Å². The molecule has 2 heterocycles. The minimum absolute atomic E-state index is 0.0819. The van der Waals surface area contributed by atoms with Crippen molar-refractivity contribution >= 4 is 34.1 Å². The number of rotatable bonds is 3. The number of anilines is 1. The average Bonchev–Trinajstić information content (AvgIpc) is 2.56. The zero-order valence-electron chi connectivity index (χ0n) is 12.4. The first-order chi connectivity index (χ1) is 11.1. The maximum Gasteiger partial charge on any atom is 0.261 e. The molecule has 0 saturated carbocycles. The molecule has 0 saturated heterocycles. The standard InChI is InChI=1S/C17H14ClN3O2/c1-2-21-10-14(17(23)20-12-5-7-19-8-6-12)16(22)13-9-11(18)3-4-15(13)21/h3-10H,2H2,1H3,(H,19,20,23). The van der Waals surface area contributed by atoms with E-state index in [9.17, 15) is 9.59 Å². The van der Waals surface area contributed by atoms with Crippen LogP contribution in [0.25, 0.3) is 10.9 Å². The topological polar surface area (TPSA) is 64.0 Å². The highest BCUT2D eigenvalue weighted by molar-refractivity contribution is 6.31. The second kappa shape index (κ2) is 6.22. The van der Waals surface area contributed by atoms with E-state index in [1.54, 1.807) is 48.9 Å². The van der Waals surface area contributed by atoms with Crippen LogP contribution in [0, 0.1) is 0 Å². The van der Waals surface area contributed by atoms with Crippen molar-refractivity contribution in [2.45, 2.75) is 13.5 Å². The molecule has 0 unspecified atom stereocenters. The van der Waals surface area contributed by atoms with Crippen molar-refractivity contribution in [2.24, 2.45) is 0 Å². The first-order valence-corrected chi connectivity index (χ1v) is 7.52. The third kappa shape index (κ3) is 2.96. The quantitative estimate of drug-likeness (QED) is 0.802. The minimum Gasteiger partial charge on any atom is -0.347 e. The average molecular weight is 328 g/mol. The highest BCUT2D eigenvalue weighted by atomic mass is 35.5. The molecule has 2 aromatic heterocycles. The van der Waals surface area contributed by atoms with Crippen molar-refractivity contribution < 1.29 is 4.79 Å². The SMILES string of the molecule is CCn1cc(C(=O)Nc2ccncc2)c(=O)c2cc(Cl)ccc21. The van der Waals surface area contributed by atoms with Crippen molar-refractivity contribution in [1.82, 2.24) is 9.55 Å². The third-order valence-corrected chi connectivity index (χ3v) is 3.80. The molecule has 0 spiro atoms. The third-order valence-electron chi connectivity index (χ3n) is 3.57. The van der Waals surface area contributed by atoms with Crippen molar-refractivity contribution in [3.05, 3.63) is 69.7 Å². The van der Waals surface area contributed by atoms with Gasteiger partial charge in [0, 0.05) is 41.2 Å². The van der Waals surface area contributed by atoms with Crippen LogP contribution in [-0.2, 0) is 6.54 Å². The molecule has 3 rings (SSSR count). The largest absolute Gasteiger partial charge is 0.347 e. The van der Waals surface area contributed by atoms with E-state index in [0.717, 1.165) is 5.52 Å². The fourth-order valence-electron chi connectivity index (χ4n) is 2.43. The molecular weight excluding hydrogens is 314 g/mol. The fraction of sp³-hybridized carbons (Fsp3) is 0.118. The maximum atomic E-state index is 12.6. The molecule has 0 aliphatic rings. The van der Waals surface area contributed by atoms with Gasteiger partial charge in [0.1, 0.15) is 5.56 Å². The molecule has 3 aromatic rings. The van der Waals surface area contributed by atoms with Crippen LogP contribution >= 0.6 is 11.6 Å². The Labute approximate surface area is 137 Å². The number of hydrogen-bond acceptors (Lipinski definition) is 3. The summed E-state index contributed by atoms with van der Waals surface area (Å²) >= 11 is 5.99. The van der Waals surface area contributed by atoms with Gasteiger partial charge in [-0.3, -0.25) is 14.6 Å². The summed E-state index contributed by atoms with van der Waals surface area (Å²) in [4.78, 5) is 29.0. The normalized spacial score (nSPS) is 10.7. The predicted molar refractivity (Wildman–Crippen MR) is 91.1 cm³/mol. The molecule has 1 amide bonds. The van der Waals surface area contributed by atoms with Gasteiger partial charge >= 0.3 is 0 Å². The zero-order valence-corrected chi connectivity index (χ0v) is 13.2. The lowest BCUT2D eigenvalue weighted by Gasteiger charge is -2.12. The van der Waals surface area contributed by atoms with Crippen LogP contribution in [0.3, 0.4) is 0 Å². The van der Waals surface area contributed by atoms with Gasteiger partial charge in [-0.1, -0.05) is 11.6 Å². The van der Waals surface area contributed by atoms with Gasteiger partial charge in [0.15, 0.2) is 0 Å². The van der Waals surface area contributed by atoms with Crippen LogP contribution < -0.4 is 10.7 Å². The van der Waals surface area contributed by atoms with Crippen LogP contribution in [0.5, 0.6) is 0 Å². The molecule has 1 aromatic carbocycles. The second-order valence-electron chi connectivity index (χ2n) is 5.01. The van der Waals surface area contributed by atoms with Crippen molar-refractivity contribution in [3.63, 3.8) is 0 Å². The number of amides is 1. The number of fused-ring (bicyclic) bond motifs is 1. The van der Waals surface area contributed by atoms with Crippen molar-refractivity contribution in [3.8, 4) is 0 Å². The van der Waals surface area contributed by atoms with Crippen LogP contribution in [0.4, 0.5) is 5.69 Å². The molecule has 0 bridgehead atoms. The summed E-state index contributed by atoms with van der Waals surface area (Å²) in [6, 6.07) is 8.43. The molecule has 0 radical (unpaired) electrons. The summed E-state index contributed by atoms with van der Waals surface area (Å²) < 4.78 is 1.86. The van der Waals surface area contributed by atoms with E-state index < -0.39 is 5.91 Å². The Morgan fingerprint density at radius 2 is 2.00 bits per heavy atom. The number of hydrogen-bond donors (Lipinski definition) is 1. The summed E-state index contributed by atoms with van der Waals surface area (Å²) in [5.41, 5.74) is 1.08. The Bertz CT molecular complexity index is 936. The van der Waals surface area contributed by atoms with E-state index in [2.05, 4.69) is 10.3 Å². The summed E-state index contributed by atoms with van der Waals surface area (Å²) in [6.07, 6.45) is 4.72. The Balaban J connectivity index is 2.12. The van der Waals surface area contributed by atoms with E-state index in [1.165, 1.54) is 0 Å². The number of aryl methyl sites for hydroxylation is 1. The number of nitrogens with zero attached hydrogens (tertiary/aromatic N) is 2. The molecule has 0 aliphatic heterocycles. The number of pyridine rings is 2. The van der Waals surface area contributed by atoms with Gasteiger partial charge in [-0.05, 0) is 37.3 Å². The van der Waals surface area contributed by atoms with Gasteiger partial charge in [-0.15, -0.1) is 0 Å². The van der Waals surface area contributed by atoms with Crippen LogP contribution in [-0.4, -0.2) is 15.5 Å². The lowest BCUT2D eigenvalue weighted by molar-refractivity contribution is 0.102. The number of carbonyl (C=O) groups excluding carboxylic acids is 1. The van der Waals surface area contributed by atoms with Crippen molar-refractivity contribution in [1.29, 1.82) is 0 Å². The van der Waals surface area contributed by atoms with Gasteiger partial charge in [-0.25, -0.2) is 0 Å². The lowest BCUT2D eigenvalue weighted by atomic mass is 10.1. The van der Waals surface area contributed by atoms with Gasteiger partial charge in [0.05, 0.1) is 5.52 Å². The van der Waals surface area contributed by atoms with E-state index in [4.69, 9.17) is 11.6 Å². The van der Waals surface area contributed by atoms with Crippen LogP contribution in [0.1, 0.15) is 17.3 Å². The molecule has 6 heteroatoms. The Kier molecular flexibility index (Phi) is 4.12. The van der Waals surface area contributed by atoms with Crippen LogP contribution in [0.15, 0.2) is 53.7 Å². The molecule has 5 nitrogen and oxygen atoms in total. The van der Waals surface area contributed by atoms with E-state index in [1.807, 2.05) is 11.5 Å². The highest BCUT2D eigenvalue weighted by Gasteiger charge is 2.15. The Morgan fingerprint density at radius 1 is 1.26 bits per heavy atom. The first kappa shape index (κ1) is 15.2. The second-order valence-corrected chi connectivity index (χ2v) is 5.45. The number of nitrogens with one attached hydrogen (secondary N) is 1. The summed E-state index contributed by atoms with van der Waals surface area (Å²) in [7, 11) is 0. The monoisotopic (exact) mass is 327 g/mol. The first-order valence-electron chi connectivity index (χ1n) is 7.14. The Hall–Kier alpha value is -2.66. The Morgan fingerprint density at radius 3 is 2.70 bits per heavy atom. The van der Waals surface area contributed by atoms with Gasteiger partial charge < -0.3 is 9.88 Å².